The van der Waals surface area contributed by atoms with Gasteiger partial charge in [-0.1, -0.05) is 53.6 Å². The minimum atomic E-state index is -3.95. The normalized spacial score (nSPS) is 12.3. The number of aryl methyl sites for hydroxylation is 2. The van der Waals surface area contributed by atoms with Crippen molar-refractivity contribution in [3.05, 3.63) is 89.5 Å². The molecule has 0 fully saturated rings. The summed E-state index contributed by atoms with van der Waals surface area (Å²) in [7, 11) is -7.78. The van der Waals surface area contributed by atoms with Gasteiger partial charge in [0.05, 0.1) is 16.4 Å². The van der Waals surface area contributed by atoms with Gasteiger partial charge in [0.25, 0.3) is 10.1 Å². The minimum absolute atomic E-state index is 0.0545. The third-order valence-corrected chi connectivity index (χ3v) is 8.38. The highest BCUT2D eigenvalue weighted by atomic mass is 32.2. The first-order chi connectivity index (χ1) is 15.2. The van der Waals surface area contributed by atoms with Gasteiger partial charge in [-0.05, 0) is 49.7 Å². The molecule has 0 radical (unpaired) electrons. The number of rotatable bonds is 7. The van der Waals surface area contributed by atoms with Crippen LogP contribution in [-0.4, -0.2) is 28.4 Å². The number of aromatic amines is 1. The van der Waals surface area contributed by atoms with Gasteiger partial charge in [-0.25, -0.2) is 8.42 Å². The van der Waals surface area contributed by atoms with Crippen LogP contribution in [0.2, 0.25) is 0 Å². The van der Waals surface area contributed by atoms with Gasteiger partial charge in [0.1, 0.15) is 5.03 Å². The number of hydrogen-bond acceptors (Lipinski definition) is 5. The lowest BCUT2D eigenvalue weighted by atomic mass is 10.1. The van der Waals surface area contributed by atoms with E-state index in [1.807, 2.05) is 32.0 Å². The van der Waals surface area contributed by atoms with E-state index >= 15 is 0 Å². The van der Waals surface area contributed by atoms with Crippen molar-refractivity contribution in [2.75, 3.05) is 6.61 Å². The molecule has 4 aromatic rings. The van der Waals surface area contributed by atoms with Crippen molar-refractivity contribution in [3.8, 4) is 0 Å². The summed E-state index contributed by atoms with van der Waals surface area (Å²) in [6.45, 7) is 3.56. The summed E-state index contributed by atoms with van der Waals surface area (Å²) in [6.07, 6.45) is 0.107. The molecule has 0 aliphatic carbocycles. The van der Waals surface area contributed by atoms with Gasteiger partial charge in [0.2, 0.25) is 9.84 Å². The van der Waals surface area contributed by atoms with Crippen molar-refractivity contribution < 1.29 is 21.0 Å². The van der Waals surface area contributed by atoms with Crippen molar-refractivity contribution >= 4 is 30.9 Å². The maximum Gasteiger partial charge on any atom is 0.296 e. The largest absolute Gasteiger partial charge is 0.345 e. The van der Waals surface area contributed by atoms with Crippen molar-refractivity contribution in [2.24, 2.45) is 0 Å². The zero-order valence-electron chi connectivity index (χ0n) is 17.7. The zero-order valence-corrected chi connectivity index (χ0v) is 19.3. The average molecular weight is 470 g/mol. The molecular formula is C24H23NO5S2. The number of aromatic nitrogens is 1. The molecular weight excluding hydrogens is 446 g/mol. The number of benzene rings is 3. The van der Waals surface area contributed by atoms with E-state index in [4.69, 9.17) is 4.18 Å². The van der Waals surface area contributed by atoms with E-state index in [2.05, 4.69) is 4.98 Å². The van der Waals surface area contributed by atoms with Gasteiger partial charge < -0.3 is 4.98 Å². The third kappa shape index (κ3) is 4.34. The number of H-pyrrole nitrogens is 1. The van der Waals surface area contributed by atoms with Crippen LogP contribution in [0, 0.1) is 13.8 Å². The number of sulfone groups is 1. The van der Waals surface area contributed by atoms with Crippen LogP contribution < -0.4 is 0 Å². The van der Waals surface area contributed by atoms with Gasteiger partial charge in [-0.15, -0.1) is 0 Å². The van der Waals surface area contributed by atoms with Gasteiger partial charge >= 0.3 is 0 Å². The Morgan fingerprint density at radius 3 is 1.94 bits per heavy atom. The highest BCUT2D eigenvalue weighted by Crippen LogP contribution is 2.31. The molecule has 8 heteroatoms. The molecule has 32 heavy (non-hydrogen) atoms. The van der Waals surface area contributed by atoms with E-state index in [1.165, 1.54) is 12.1 Å². The summed E-state index contributed by atoms with van der Waals surface area (Å²) in [5.41, 5.74) is 3.05. The summed E-state index contributed by atoms with van der Waals surface area (Å²) in [4.78, 5) is 3.24. The Labute approximate surface area is 187 Å². The smallest absolute Gasteiger partial charge is 0.296 e. The summed E-state index contributed by atoms with van der Waals surface area (Å²) in [5.74, 6) is 0. The molecule has 1 aromatic heterocycles. The van der Waals surface area contributed by atoms with Crippen LogP contribution in [0.5, 0.6) is 0 Å². The number of para-hydroxylation sites is 1. The Morgan fingerprint density at radius 1 is 0.750 bits per heavy atom. The zero-order chi connectivity index (χ0) is 22.9. The first kappa shape index (κ1) is 22.3. The second kappa shape index (κ2) is 8.54. The Bertz CT molecular complexity index is 1470. The molecule has 4 rings (SSSR count). The molecule has 3 aromatic carbocycles. The molecule has 1 heterocycles. The Morgan fingerprint density at radius 2 is 1.31 bits per heavy atom. The number of hydrogen-bond donors (Lipinski definition) is 1. The van der Waals surface area contributed by atoms with E-state index in [-0.39, 0.29) is 27.8 Å². The average Bonchev–Trinajstić information content (AvgIpc) is 3.14. The van der Waals surface area contributed by atoms with Gasteiger partial charge in [-0.2, -0.15) is 8.42 Å². The maximum atomic E-state index is 13.4. The molecule has 0 aliphatic heterocycles. The second-order valence-electron chi connectivity index (χ2n) is 7.63. The van der Waals surface area contributed by atoms with E-state index in [0.717, 1.165) is 16.5 Å². The minimum Gasteiger partial charge on any atom is -0.345 e. The lowest BCUT2D eigenvalue weighted by molar-refractivity contribution is 0.321. The molecule has 0 unspecified atom stereocenters. The predicted octanol–water partition coefficient (Wildman–Crippen LogP) is 4.57. The molecule has 166 valence electrons. The molecule has 0 saturated carbocycles. The molecule has 0 bridgehead atoms. The van der Waals surface area contributed by atoms with Gasteiger partial charge in [0, 0.05) is 17.3 Å². The predicted molar refractivity (Wildman–Crippen MR) is 123 cm³/mol. The van der Waals surface area contributed by atoms with Crippen LogP contribution in [0.15, 0.2) is 87.6 Å². The first-order valence-electron chi connectivity index (χ1n) is 10.1. The molecule has 1 N–H and O–H groups in total. The Kier molecular flexibility index (Phi) is 5.94. The fourth-order valence-electron chi connectivity index (χ4n) is 3.51. The monoisotopic (exact) mass is 469 g/mol. The fourth-order valence-corrected chi connectivity index (χ4v) is 5.93. The van der Waals surface area contributed by atoms with E-state index in [9.17, 15) is 16.8 Å². The lowest BCUT2D eigenvalue weighted by Gasteiger charge is -2.09. The van der Waals surface area contributed by atoms with Crippen molar-refractivity contribution in [1.29, 1.82) is 0 Å². The summed E-state index contributed by atoms with van der Waals surface area (Å²) >= 11 is 0. The summed E-state index contributed by atoms with van der Waals surface area (Å²) < 4.78 is 57.0. The highest BCUT2D eigenvalue weighted by Gasteiger charge is 2.26. The summed E-state index contributed by atoms with van der Waals surface area (Å²) in [6, 6.07) is 20.2. The van der Waals surface area contributed by atoms with Crippen LogP contribution in [0.3, 0.4) is 0 Å². The molecule has 0 amide bonds. The second-order valence-corrected chi connectivity index (χ2v) is 11.1. The molecule has 0 atom stereocenters. The number of fused-ring (bicyclic) bond motifs is 1. The quantitative estimate of drug-likeness (QED) is 0.400. The van der Waals surface area contributed by atoms with Crippen LogP contribution in [-0.2, 0) is 30.6 Å². The van der Waals surface area contributed by atoms with Crippen LogP contribution in [0.4, 0.5) is 0 Å². The Hall–Kier alpha value is -2.94. The summed E-state index contributed by atoms with van der Waals surface area (Å²) in [5, 5.41) is 0.772. The Balaban J connectivity index is 1.66. The molecule has 0 aliphatic rings. The molecule has 6 nitrogen and oxygen atoms in total. The van der Waals surface area contributed by atoms with Gasteiger partial charge in [0.15, 0.2) is 0 Å². The van der Waals surface area contributed by atoms with E-state index in [1.54, 1.807) is 42.5 Å². The molecule has 0 spiro atoms. The van der Waals surface area contributed by atoms with Crippen LogP contribution in [0.1, 0.15) is 16.7 Å². The fraction of sp³-hybridized carbons (Fsp3) is 0.167. The standard InChI is InChI=1S/C24H23NO5S2/c1-17-7-11-19(12-8-17)31(26,27)24-22(21-5-3-4-6-23(21)25-24)15-16-30-32(28,29)20-13-9-18(2)10-14-20/h3-14,25H,15-16H2,1-2H3. The maximum absolute atomic E-state index is 13.4. The van der Waals surface area contributed by atoms with Crippen LogP contribution in [0.25, 0.3) is 10.9 Å². The first-order valence-corrected chi connectivity index (χ1v) is 12.9. The van der Waals surface area contributed by atoms with Crippen LogP contribution >= 0.6 is 0 Å². The third-order valence-electron chi connectivity index (χ3n) is 5.27. The van der Waals surface area contributed by atoms with E-state index in [0.29, 0.717) is 11.1 Å². The molecule has 0 saturated heterocycles. The van der Waals surface area contributed by atoms with Gasteiger partial charge in [-0.3, -0.25) is 4.18 Å². The number of nitrogens with one attached hydrogen (secondary N) is 1. The van der Waals surface area contributed by atoms with Crippen molar-refractivity contribution in [3.63, 3.8) is 0 Å². The van der Waals surface area contributed by atoms with E-state index < -0.39 is 20.0 Å². The van der Waals surface area contributed by atoms with Crippen molar-refractivity contribution in [1.82, 2.24) is 4.98 Å². The van der Waals surface area contributed by atoms with Crippen molar-refractivity contribution in [2.45, 2.75) is 35.1 Å². The highest BCUT2D eigenvalue weighted by molar-refractivity contribution is 7.91. The SMILES string of the molecule is Cc1ccc(S(=O)(=O)OCCc2c(S(=O)(=O)c3ccc(C)cc3)[nH]c3ccccc23)cc1. The topological polar surface area (TPSA) is 93.3 Å². The lowest BCUT2D eigenvalue weighted by Crippen LogP contribution is -2.11.